The minimum Gasteiger partial charge on any atom is -0.275 e. The molecule has 1 aliphatic rings. The van der Waals surface area contributed by atoms with Crippen LogP contribution in [0.4, 0.5) is 0 Å². The normalized spacial score (nSPS) is 14.4. The van der Waals surface area contributed by atoms with Gasteiger partial charge in [0, 0.05) is 21.5 Å². The molecule has 244 valence electrons. The molecule has 10 aromatic rings. The first kappa shape index (κ1) is 29.2. The Morgan fingerprint density at radius 2 is 0.981 bits per heavy atom. The fraction of sp³-hybridized carbons (Fsp3) is 0.0600. The highest BCUT2D eigenvalue weighted by molar-refractivity contribution is 6.20. The van der Waals surface area contributed by atoms with Gasteiger partial charge in [0.1, 0.15) is 0 Å². The molecule has 1 unspecified atom stereocenters. The Morgan fingerprint density at radius 3 is 1.67 bits per heavy atom. The molecule has 0 saturated heterocycles. The average molecular weight is 664 g/mol. The van der Waals surface area contributed by atoms with Crippen molar-refractivity contribution in [2.24, 2.45) is 0 Å². The minimum absolute atomic E-state index is 0.0367. The van der Waals surface area contributed by atoms with Crippen LogP contribution in [0.15, 0.2) is 163 Å². The molecule has 2 heteroatoms. The number of hydrogen-bond donors (Lipinski definition) is 0. The lowest BCUT2D eigenvalue weighted by molar-refractivity contribution is 0.781. The van der Waals surface area contributed by atoms with Crippen molar-refractivity contribution in [3.05, 3.63) is 179 Å². The second-order valence-electron chi connectivity index (χ2n) is 14.5. The van der Waals surface area contributed by atoms with Gasteiger partial charge in [0.25, 0.3) is 5.56 Å². The quantitative estimate of drug-likeness (QED) is 0.172. The maximum Gasteiger partial charge on any atom is 0.263 e. The summed E-state index contributed by atoms with van der Waals surface area (Å²) in [6.45, 7) is 2.35. The van der Waals surface area contributed by atoms with Gasteiger partial charge in [0.15, 0.2) is 0 Å². The number of benzene rings is 8. The summed E-state index contributed by atoms with van der Waals surface area (Å²) in [5.74, 6) is 0.492. The van der Waals surface area contributed by atoms with E-state index in [4.69, 9.17) is 0 Å². The van der Waals surface area contributed by atoms with Gasteiger partial charge < -0.3 is 0 Å². The molecule has 2 nitrogen and oxygen atoms in total. The highest BCUT2D eigenvalue weighted by Gasteiger charge is 2.21. The molecule has 52 heavy (non-hydrogen) atoms. The van der Waals surface area contributed by atoms with E-state index < -0.39 is 0 Å². The lowest BCUT2D eigenvalue weighted by atomic mass is 9.81. The zero-order valence-corrected chi connectivity index (χ0v) is 28.7. The van der Waals surface area contributed by atoms with Gasteiger partial charge in [-0.2, -0.15) is 0 Å². The standard InChI is InChI=1S/C50H33NO/c1-30-10-6-19-40-37-15-2-3-16-38(37)45-28-35(22-24-41(45)48(30)40)33-13-7-11-31(26-33)32-12-8-14-34(27-32)36-23-25-47-46(29-36)43-21-9-20-42-39-17-4-5-18-44(39)50(52)51(47)49(42)43/h2-9,11-30H,10H2,1H3. The number of rotatable bonds is 3. The molecule has 0 fully saturated rings. The van der Waals surface area contributed by atoms with Crippen molar-refractivity contribution in [2.75, 3.05) is 0 Å². The Kier molecular flexibility index (Phi) is 6.18. The van der Waals surface area contributed by atoms with Gasteiger partial charge in [-0.05, 0) is 120 Å². The highest BCUT2D eigenvalue weighted by Crippen LogP contribution is 2.43. The molecule has 0 amide bonds. The molecule has 0 saturated carbocycles. The summed E-state index contributed by atoms with van der Waals surface area (Å²) in [6, 6.07) is 54.5. The summed E-state index contributed by atoms with van der Waals surface area (Å²) in [5.41, 5.74) is 11.9. The SMILES string of the molecule is CC1CC=Cc2c1c1ccc(-c3cccc(-c4cccc(-c5ccc6c(c5)c5cccc7c8ccccc8c(=O)n6c75)c4)c3)cc1c1ccccc21. The fourth-order valence-corrected chi connectivity index (χ4v) is 9.10. The molecule has 11 rings (SSSR count). The molecule has 8 aromatic carbocycles. The molecule has 2 heterocycles. The molecule has 1 aliphatic carbocycles. The van der Waals surface area contributed by atoms with E-state index in [1.165, 1.54) is 54.9 Å². The Labute approximate surface area is 300 Å². The summed E-state index contributed by atoms with van der Waals surface area (Å²) in [6.07, 6.45) is 5.73. The van der Waals surface area contributed by atoms with E-state index >= 15 is 0 Å². The van der Waals surface area contributed by atoms with Crippen LogP contribution in [0.1, 0.15) is 30.4 Å². The second kappa shape index (κ2) is 11.0. The topological polar surface area (TPSA) is 21.5 Å². The first-order chi connectivity index (χ1) is 25.6. The van der Waals surface area contributed by atoms with Crippen LogP contribution in [0.25, 0.3) is 99.0 Å². The number of hydrogen-bond acceptors (Lipinski definition) is 1. The van der Waals surface area contributed by atoms with Crippen LogP contribution in [0.5, 0.6) is 0 Å². The number of allylic oxidation sites excluding steroid dienone is 1. The Balaban J connectivity index is 1.02. The summed E-state index contributed by atoms with van der Waals surface area (Å²) in [4.78, 5) is 13.8. The van der Waals surface area contributed by atoms with Crippen LogP contribution < -0.4 is 5.56 Å². The number of aromatic nitrogens is 1. The molecule has 0 N–H and O–H groups in total. The van der Waals surface area contributed by atoms with Crippen LogP contribution >= 0.6 is 0 Å². The molecular formula is C50H33NO. The van der Waals surface area contributed by atoms with Crippen LogP contribution in [0, 0.1) is 0 Å². The Morgan fingerprint density at radius 1 is 0.462 bits per heavy atom. The van der Waals surface area contributed by atoms with Crippen molar-refractivity contribution in [2.45, 2.75) is 19.3 Å². The predicted molar refractivity (Wildman–Crippen MR) is 221 cm³/mol. The molecule has 0 aliphatic heterocycles. The van der Waals surface area contributed by atoms with Gasteiger partial charge >= 0.3 is 0 Å². The first-order valence-electron chi connectivity index (χ1n) is 18.2. The maximum atomic E-state index is 13.8. The molecule has 0 bridgehead atoms. The fourth-order valence-electron chi connectivity index (χ4n) is 9.10. The molecule has 2 aromatic heterocycles. The highest BCUT2D eigenvalue weighted by atomic mass is 16.1. The molecular weight excluding hydrogens is 631 g/mol. The van der Waals surface area contributed by atoms with Crippen molar-refractivity contribution in [1.29, 1.82) is 0 Å². The van der Waals surface area contributed by atoms with E-state index in [9.17, 15) is 4.79 Å². The van der Waals surface area contributed by atoms with Crippen molar-refractivity contribution < 1.29 is 0 Å². The molecule has 1 atom stereocenters. The molecule has 0 spiro atoms. The third kappa shape index (κ3) is 4.15. The summed E-state index contributed by atoms with van der Waals surface area (Å²) >= 11 is 0. The van der Waals surface area contributed by atoms with Crippen LogP contribution in [0.2, 0.25) is 0 Å². The van der Waals surface area contributed by atoms with E-state index in [1.54, 1.807) is 0 Å². The van der Waals surface area contributed by atoms with Crippen LogP contribution in [-0.4, -0.2) is 4.40 Å². The van der Waals surface area contributed by atoms with E-state index in [-0.39, 0.29) is 5.56 Å². The zero-order chi connectivity index (χ0) is 34.5. The second-order valence-corrected chi connectivity index (χ2v) is 14.5. The summed E-state index contributed by atoms with van der Waals surface area (Å²) in [7, 11) is 0. The van der Waals surface area contributed by atoms with Crippen molar-refractivity contribution >= 4 is 65.6 Å². The van der Waals surface area contributed by atoms with Crippen molar-refractivity contribution in [1.82, 2.24) is 4.40 Å². The van der Waals surface area contributed by atoms with Crippen LogP contribution in [0.3, 0.4) is 0 Å². The van der Waals surface area contributed by atoms with Gasteiger partial charge in [-0.15, -0.1) is 0 Å². The predicted octanol–water partition coefficient (Wildman–Crippen LogP) is 13.0. The summed E-state index contributed by atoms with van der Waals surface area (Å²) in [5, 5.41) is 10.4. The lowest BCUT2D eigenvalue weighted by Gasteiger charge is -2.23. The maximum absolute atomic E-state index is 13.8. The minimum atomic E-state index is 0.0367. The lowest BCUT2D eigenvalue weighted by Crippen LogP contribution is -2.12. The average Bonchev–Trinajstić information content (AvgIpc) is 3.54. The van der Waals surface area contributed by atoms with Crippen molar-refractivity contribution in [3.63, 3.8) is 0 Å². The van der Waals surface area contributed by atoms with E-state index in [1.807, 2.05) is 22.6 Å². The van der Waals surface area contributed by atoms with E-state index in [0.29, 0.717) is 5.92 Å². The third-order valence-corrected chi connectivity index (χ3v) is 11.5. The van der Waals surface area contributed by atoms with Gasteiger partial charge in [0.2, 0.25) is 0 Å². The zero-order valence-electron chi connectivity index (χ0n) is 28.7. The number of fused-ring (bicyclic) bond motifs is 11. The van der Waals surface area contributed by atoms with Gasteiger partial charge in [-0.3, -0.25) is 9.20 Å². The molecule has 0 radical (unpaired) electrons. The van der Waals surface area contributed by atoms with Gasteiger partial charge in [-0.1, -0.05) is 134 Å². The van der Waals surface area contributed by atoms with Crippen LogP contribution in [-0.2, 0) is 0 Å². The monoisotopic (exact) mass is 663 g/mol. The van der Waals surface area contributed by atoms with E-state index in [0.717, 1.165) is 55.5 Å². The number of nitrogens with zero attached hydrogens (tertiary/aromatic N) is 1. The number of pyridine rings is 1. The third-order valence-electron chi connectivity index (χ3n) is 11.5. The summed E-state index contributed by atoms with van der Waals surface area (Å²) < 4.78 is 1.91. The number of para-hydroxylation sites is 1. The Bertz CT molecular complexity index is 3200. The van der Waals surface area contributed by atoms with E-state index in [2.05, 4.69) is 153 Å². The van der Waals surface area contributed by atoms with Gasteiger partial charge in [0.05, 0.1) is 11.0 Å². The largest absolute Gasteiger partial charge is 0.275 e. The van der Waals surface area contributed by atoms with Crippen molar-refractivity contribution in [3.8, 4) is 33.4 Å². The van der Waals surface area contributed by atoms with Gasteiger partial charge in [-0.25, -0.2) is 0 Å². The Hall–Kier alpha value is -6.51. The smallest absolute Gasteiger partial charge is 0.263 e. The first-order valence-corrected chi connectivity index (χ1v) is 18.2.